The molecule has 5 nitrogen and oxygen atoms in total. The van der Waals surface area contributed by atoms with Gasteiger partial charge in [-0.3, -0.25) is 4.90 Å². The Balaban J connectivity index is 0.00000289. The highest BCUT2D eigenvalue weighted by Crippen LogP contribution is 2.24. The molecule has 5 heteroatoms. The summed E-state index contributed by atoms with van der Waals surface area (Å²) in [6.45, 7) is 6.47. The van der Waals surface area contributed by atoms with Gasteiger partial charge in [0.15, 0.2) is 6.29 Å². The van der Waals surface area contributed by atoms with E-state index in [4.69, 9.17) is 14.2 Å². The molecule has 0 aromatic rings. The molecule has 1 rings (SSSR count). The normalized spacial score (nSPS) is 34.2. The van der Waals surface area contributed by atoms with E-state index in [0.717, 1.165) is 19.5 Å². The average molecular weight is 249 g/mol. The van der Waals surface area contributed by atoms with Crippen LogP contribution in [0.1, 0.15) is 21.7 Å². The van der Waals surface area contributed by atoms with E-state index in [-0.39, 0.29) is 13.6 Å². The number of aliphatic hydroxyl groups excluding tert-OH is 1. The lowest BCUT2D eigenvalue weighted by molar-refractivity contribution is -0.245. The van der Waals surface area contributed by atoms with Gasteiger partial charge in [0.1, 0.15) is 6.10 Å². The molecule has 4 atom stereocenters. The molecule has 1 saturated heterocycles. The van der Waals surface area contributed by atoms with E-state index < -0.39 is 12.4 Å². The molecule has 104 valence electrons. The van der Waals surface area contributed by atoms with Crippen LogP contribution in [-0.2, 0) is 14.2 Å². The summed E-state index contributed by atoms with van der Waals surface area (Å²) < 4.78 is 15.8. The van der Waals surface area contributed by atoms with Crippen LogP contribution in [0.4, 0.5) is 0 Å². The van der Waals surface area contributed by atoms with Crippen molar-refractivity contribution in [3.05, 3.63) is 0 Å². The zero-order chi connectivity index (χ0) is 12.8. The first-order valence-corrected chi connectivity index (χ1v) is 6.23. The predicted octanol–water partition coefficient (Wildman–Crippen LogP) is 0.712. The van der Waals surface area contributed by atoms with E-state index in [9.17, 15) is 5.11 Å². The van der Waals surface area contributed by atoms with Crippen LogP contribution in [0.3, 0.4) is 0 Å². The topological polar surface area (TPSA) is 51.2 Å². The van der Waals surface area contributed by atoms with Gasteiger partial charge in [0.2, 0.25) is 0 Å². The highest BCUT2D eigenvalue weighted by molar-refractivity contribution is 4.87. The van der Waals surface area contributed by atoms with Gasteiger partial charge in [0, 0.05) is 28.2 Å². The molecule has 0 saturated carbocycles. The second kappa shape index (κ2) is 7.28. The molecule has 1 fully saturated rings. The van der Waals surface area contributed by atoms with Gasteiger partial charge < -0.3 is 19.3 Å². The molecule has 1 N–H and O–H groups in total. The van der Waals surface area contributed by atoms with Gasteiger partial charge >= 0.3 is 0 Å². The number of nitrogens with zero attached hydrogens (tertiary/aromatic N) is 1. The smallest absolute Gasteiger partial charge is 0.184 e. The van der Waals surface area contributed by atoms with Crippen LogP contribution in [0.5, 0.6) is 0 Å². The summed E-state index contributed by atoms with van der Waals surface area (Å²) >= 11 is 0. The minimum atomic E-state index is -0.604. The van der Waals surface area contributed by atoms with Crippen molar-refractivity contribution < 1.29 is 20.7 Å². The standard InChI is InChI=1S/C12H25NO4.H2/c1-5-13(6-7-15-3)10-8-9(2)17-12(16-4)11(10)14;/h9-12,14H,5-8H2,1-4H3;1H/t9-,10?,11?,12-;/m1./s1. The fourth-order valence-electron chi connectivity index (χ4n) is 2.35. The summed E-state index contributed by atoms with van der Waals surface area (Å²) in [7, 11) is 3.25. The van der Waals surface area contributed by atoms with Crippen molar-refractivity contribution in [1.82, 2.24) is 4.90 Å². The van der Waals surface area contributed by atoms with Crippen LogP contribution >= 0.6 is 0 Å². The van der Waals surface area contributed by atoms with Gasteiger partial charge in [-0.25, -0.2) is 0 Å². The van der Waals surface area contributed by atoms with Crippen LogP contribution in [0.25, 0.3) is 0 Å². The third-order valence-corrected chi connectivity index (χ3v) is 3.30. The van der Waals surface area contributed by atoms with Gasteiger partial charge in [-0.05, 0) is 19.9 Å². The maximum Gasteiger partial charge on any atom is 0.184 e. The van der Waals surface area contributed by atoms with Crippen LogP contribution in [-0.4, -0.2) is 68.5 Å². The van der Waals surface area contributed by atoms with Crippen molar-refractivity contribution in [2.45, 2.75) is 44.8 Å². The number of rotatable bonds is 6. The molecule has 2 unspecified atom stereocenters. The lowest BCUT2D eigenvalue weighted by Crippen LogP contribution is -2.56. The molecule has 1 heterocycles. The molecular weight excluding hydrogens is 222 g/mol. The molecule has 0 aliphatic carbocycles. The zero-order valence-electron chi connectivity index (χ0n) is 11.3. The van der Waals surface area contributed by atoms with Crippen molar-refractivity contribution in [3.63, 3.8) is 0 Å². The fraction of sp³-hybridized carbons (Fsp3) is 1.00. The lowest BCUT2D eigenvalue weighted by atomic mass is 9.98. The van der Waals surface area contributed by atoms with E-state index >= 15 is 0 Å². The van der Waals surface area contributed by atoms with Crippen LogP contribution < -0.4 is 0 Å². The van der Waals surface area contributed by atoms with E-state index in [2.05, 4.69) is 11.8 Å². The molecule has 0 aromatic heterocycles. The molecule has 0 amide bonds. The SMILES string of the molecule is CCN(CCOC)C1C[C@@H](C)O[C@@H](OC)C1O.[HH]. The van der Waals surface area contributed by atoms with E-state index in [0.29, 0.717) is 6.61 Å². The second-order valence-corrected chi connectivity index (χ2v) is 4.47. The first-order valence-electron chi connectivity index (χ1n) is 6.23. The number of hydrogen-bond acceptors (Lipinski definition) is 5. The molecule has 1 aliphatic rings. The van der Waals surface area contributed by atoms with E-state index in [1.807, 2.05) is 6.92 Å². The van der Waals surface area contributed by atoms with E-state index in [1.54, 1.807) is 14.2 Å². The van der Waals surface area contributed by atoms with Gasteiger partial charge in [-0.1, -0.05) is 6.92 Å². The molecule has 0 radical (unpaired) electrons. The Morgan fingerprint density at radius 3 is 2.71 bits per heavy atom. The van der Waals surface area contributed by atoms with E-state index in [1.165, 1.54) is 0 Å². The first-order chi connectivity index (χ1) is 8.13. The monoisotopic (exact) mass is 249 g/mol. The minimum absolute atomic E-state index is 0. The molecule has 0 spiro atoms. The third-order valence-electron chi connectivity index (χ3n) is 3.30. The second-order valence-electron chi connectivity index (χ2n) is 4.47. The minimum Gasteiger partial charge on any atom is -0.386 e. The number of aliphatic hydroxyl groups is 1. The Kier molecular flexibility index (Phi) is 6.37. The van der Waals surface area contributed by atoms with Gasteiger partial charge in [0.25, 0.3) is 0 Å². The Hall–Kier alpha value is -0.200. The number of likely N-dealkylation sites (N-methyl/N-ethyl adjacent to an activating group) is 1. The zero-order valence-corrected chi connectivity index (χ0v) is 11.3. The summed E-state index contributed by atoms with van der Waals surface area (Å²) in [5.41, 5.74) is 0. The highest BCUT2D eigenvalue weighted by Gasteiger charge is 2.38. The molecule has 0 aromatic carbocycles. The van der Waals surface area contributed by atoms with Crippen molar-refractivity contribution >= 4 is 0 Å². The Bertz CT molecular complexity index is 220. The molecular formula is C12H27NO4. The molecule has 0 bridgehead atoms. The van der Waals surface area contributed by atoms with Crippen molar-refractivity contribution in [2.24, 2.45) is 0 Å². The third kappa shape index (κ3) is 3.89. The van der Waals surface area contributed by atoms with Crippen molar-refractivity contribution in [1.29, 1.82) is 0 Å². The number of ether oxygens (including phenoxy) is 3. The fourth-order valence-corrected chi connectivity index (χ4v) is 2.35. The largest absolute Gasteiger partial charge is 0.386 e. The van der Waals surface area contributed by atoms with Gasteiger partial charge in [0.05, 0.1) is 12.7 Å². The Morgan fingerprint density at radius 2 is 2.18 bits per heavy atom. The van der Waals surface area contributed by atoms with Crippen LogP contribution in [0.15, 0.2) is 0 Å². The maximum absolute atomic E-state index is 10.2. The molecule has 1 aliphatic heterocycles. The predicted molar refractivity (Wildman–Crippen MR) is 67.0 cm³/mol. The highest BCUT2D eigenvalue weighted by atomic mass is 16.7. The Morgan fingerprint density at radius 1 is 1.47 bits per heavy atom. The quantitative estimate of drug-likeness (QED) is 0.751. The Labute approximate surface area is 105 Å². The van der Waals surface area contributed by atoms with Gasteiger partial charge in [-0.2, -0.15) is 0 Å². The van der Waals surface area contributed by atoms with Crippen molar-refractivity contribution in [2.75, 3.05) is 33.9 Å². The maximum atomic E-state index is 10.2. The molecule has 17 heavy (non-hydrogen) atoms. The summed E-state index contributed by atoms with van der Waals surface area (Å²) in [5, 5.41) is 10.2. The average Bonchev–Trinajstić information content (AvgIpc) is 2.33. The summed E-state index contributed by atoms with van der Waals surface area (Å²) in [6, 6.07) is 0.0730. The van der Waals surface area contributed by atoms with Crippen LogP contribution in [0, 0.1) is 0 Å². The van der Waals surface area contributed by atoms with Gasteiger partial charge in [-0.15, -0.1) is 0 Å². The summed E-state index contributed by atoms with van der Waals surface area (Å²) in [5.74, 6) is 0. The lowest BCUT2D eigenvalue weighted by Gasteiger charge is -2.42. The van der Waals surface area contributed by atoms with Crippen molar-refractivity contribution in [3.8, 4) is 0 Å². The number of methoxy groups -OCH3 is 2. The first kappa shape index (κ1) is 14.9. The summed E-state index contributed by atoms with van der Waals surface area (Å²) in [4.78, 5) is 2.22. The summed E-state index contributed by atoms with van der Waals surface area (Å²) in [6.07, 6.45) is -0.211. The van der Waals surface area contributed by atoms with Crippen LogP contribution in [0.2, 0.25) is 0 Å². The number of hydrogen-bond donors (Lipinski definition) is 1.